The fourth-order valence-corrected chi connectivity index (χ4v) is 2.89. The summed E-state index contributed by atoms with van der Waals surface area (Å²) in [6, 6.07) is 17.5. The number of benzene rings is 2. The van der Waals surface area contributed by atoms with E-state index in [1.54, 1.807) is 11.1 Å². The van der Waals surface area contributed by atoms with Crippen LogP contribution in [0.3, 0.4) is 0 Å². The number of anilines is 1. The van der Waals surface area contributed by atoms with Gasteiger partial charge >= 0.3 is 0 Å². The maximum absolute atomic E-state index is 12.0. The number of carbonyl (C=O) groups excluding carboxylic acids is 1. The Morgan fingerprint density at radius 1 is 1.09 bits per heavy atom. The smallest absolute Gasteiger partial charge is 0.243 e. The lowest BCUT2D eigenvalue weighted by atomic mass is 10.2. The summed E-state index contributed by atoms with van der Waals surface area (Å²) in [6.07, 6.45) is 1.69. The Morgan fingerprint density at radius 2 is 1.82 bits per heavy atom. The Labute approximate surface area is 133 Å². The molecule has 1 heterocycles. The normalized spacial score (nSPS) is 16.9. The number of nitrogens with zero attached hydrogens (tertiary/aromatic N) is 3. The number of aryl methyl sites for hydroxylation is 1. The molecule has 0 radical (unpaired) electrons. The number of hydrogen-bond donors (Lipinski definition) is 0. The molecule has 2 aromatic carbocycles. The van der Waals surface area contributed by atoms with Crippen LogP contribution >= 0.6 is 11.8 Å². The van der Waals surface area contributed by atoms with Gasteiger partial charge in [-0.15, -0.1) is 5.10 Å². The molecule has 1 amide bonds. The molecule has 0 bridgehead atoms. The summed E-state index contributed by atoms with van der Waals surface area (Å²) in [4.78, 5) is 13.6. The summed E-state index contributed by atoms with van der Waals surface area (Å²) in [6.45, 7) is 2.04. The summed E-state index contributed by atoms with van der Waals surface area (Å²) in [5.41, 5.74) is 3.01. The summed E-state index contributed by atoms with van der Waals surface area (Å²) in [5.74, 6) is 0.425. The highest BCUT2D eigenvalue weighted by molar-refractivity contribution is 8.15. The molecule has 0 N–H and O–H groups in total. The lowest BCUT2D eigenvalue weighted by molar-refractivity contribution is -0.115. The second-order valence-corrected chi connectivity index (χ2v) is 5.83. The van der Waals surface area contributed by atoms with Crippen molar-refractivity contribution < 1.29 is 4.79 Å². The third-order valence-electron chi connectivity index (χ3n) is 3.21. The van der Waals surface area contributed by atoms with Crippen LogP contribution < -0.4 is 4.90 Å². The maximum atomic E-state index is 12.0. The van der Waals surface area contributed by atoms with Crippen LogP contribution in [0.4, 0.5) is 5.69 Å². The van der Waals surface area contributed by atoms with Crippen LogP contribution in [0.1, 0.15) is 11.1 Å². The van der Waals surface area contributed by atoms with E-state index in [1.165, 1.54) is 17.3 Å². The maximum Gasteiger partial charge on any atom is 0.243 e. The van der Waals surface area contributed by atoms with Crippen LogP contribution in [0.15, 0.2) is 64.8 Å². The minimum absolute atomic E-state index is 0.0282. The molecule has 1 fully saturated rings. The highest BCUT2D eigenvalue weighted by Gasteiger charge is 2.29. The van der Waals surface area contributed by atoms with Crippen LogP contribution in [0.25, 0.3) is 0 Å². The van der Waals surface area contributed by atoms with Gasteiger partial charge in [0, 0.05) is 0 Å². The van der Waals surface area contributed by atoms with E-state index < -0.39 is 0 Å². The van der Waals surface area contributed by atoms with E-state index in [0.717, 1.165) is 11.3 Å². The first kappa shape index (κ1) is 14.5. The lowest BCUT2D eigenvalue weighted by Crippen LogP contribution is -2.28. The molecule has 0 aliphatic carbocycles. The SMILES string of the molecule is Cc1ccc(C=NN=C2SCC(=O)N2c2ccccc2)cc1. The van der Waals surface area contributed by atoms with Crippen molar-refractivity contribution in [3.05, 3.63) is 65.7 Å². The fourth-order valence-electron chi connectivity index (χ4n) is 2.06. The predicted octanol–water partition coefficient (Wildman–Crippen LogP) is 3.46. The van der Waals surface area contributed by atoms with Gasteiger partial charge in [0.25, 0.3) is 0 Å². The van der Waals surface area contributed by atoms with Crippen molar-refractivity contribution in [1.29, 1.82) is 0 Å². The molecular weight excluding hydrogens is 294 g/mol. The second-order valence-electron chi connectivity index (χ2n) is 4.89. The van der Waals surface area contributed by atoms with Gasteiger partial charge in [-0.2, -0.15) is 5.10 Å². The Hall–Kier alpha value is -2.40. The molecule has 1 aliphatic rings. The van der Waals surface area contributed by atoms with Gasteiger partial charge < -0.3 is 0 Å². The molecule has 0 atom stereocenters. The summed E-state index contributed by atoms with van der Waals surface area (Å²) in [7, 11) is 0. The van der Waals surface area contributed by atoms with Gasteiger partial charge in [0.2, 0.25) is 5.91 Å². The van der Waals surface area contributed by atoms with Crippen LogP contribution in [-0.4, -0.2) is 23.0 Å². The van der Waals surface area contributed by atoms with Gasteiger partial charge in [-0.3, -0.25) is 9.69 Å². The number of hydrogen-bond acceptors (Lipinski definition) is 4. The summed E-state index contributed by atoms with van der Waals surface area (Å²) in [5, 5.41) is 8.93. The summed E-state index contributed by atoms with van der Waals surface area (Å²) >= 11 is 1.40. The monoisotopic (exact) mass is 309 g/mol. The van der Waals surface area contributed by atoms with Gasteiger partial charge in [-0.05, 0) is 24.6 Å². The van der Waals surface area contributed by atoms with E-state index in [9.17, 15) is 4.79 Å². The van der Waals surface area contributed by atoms with Crippen molar-refractivity contribution in [2.45, 2.75) is 6.92 Å². The Morgan fingerprint density at radius 3 is 2.55 bits per heavy atom. The zero-order chi connectivity index (χ0) is 15.4. The Bertz CT molecular complexity index is 723. The fraction of sp³-hybridized carbons (Fsp3) is 0.118. The molecule has 5 heteroatoms. The van der Waals surface area contributed by atoms with Crippen molar-refractivity contribution in [2.24, 2.45) is 10.2 Å². The highest BCUT2D eigenvalue weighted by Crippen LogP contribution is 2.26. The molecule has 0 saturated carbocycles. The van der Waals surface area contributed by atoms with Crippen LogP contribution in [0, 0.1) is 6.92 Å². The predicted molar refractivity (Wildman–Crippen MR) is 92.6 cm³/mol. The van der Waals surface area contributed by atoms with E-state index in [1.807, 2.05) is 61.5 Å². The van der Waals surface area contributed by atoms with Gasteiger partial charge in [0.05, 0.1) is 17.7 Å². The van der Waals surface area contributed by atoms with Gasteiger partial charge in [-0.25, -0.2) is 0 Å². The van der Waals surface area contributed by atoms with Crippen molar-refractivity contribution in [2.75, 3.05) is 10.7 Å². The molecule has 1 aliphatic heterocycles. The second kappa shape index (κ2) is 6.58. The molecule has 4 nitrogen and oxygen atoms in total. The Balaban J connectivity index is 1.80. The molecule has 110 valence electrons. The molecule has 2 aromatic rings. The standard InChI is InChI=1S/C17H15N3OS/c1-13-7-9-14(10-8-13)11-18-19-17-20(16(21)12-22-17)15-5-3-2-4-6-15/h2-11H,12H2,1H3. The zero-order valence-corrected chi connectivity index (χ0v) is 13.0. The van der Waals surface area contributed by atoms with E-state index in [4.69, 9.17) is 0 Å². The van der Waals surface area contributed by atoms with Gasteiger partial charge in [0.1, 0.15) is 0 Å². The largest absolute Gasteiger partial charge is 0.273 e. The van der Waals surface area contributed by atoms with E-state index >= 15 is 0 Å². The van der Waals surface area contributed by atoms with Gasteiger partial charge in [0.15, 0.2) is 5.17 Å². The van der Waals surface area contributed by atoms with E-state index in [2.05, 4.69) is 10.2 Å². The molecule has 0 spiro atoms. The zero-order valence-electron chi connectivity index (χ0n) is 12.1. The minimum Gasteiger partial charge on any atom is -0.273 e. The Kier molecular flexibility index (Phi) is 4.34. The topological polar surface area (TPSA) is 45.0 Å². The number of rotatable bonds is 3. The summed E-state index contributed by atoms with van der Waals surface area (Å²) < 4.78 is 0. The first-order valence-corrected chi connectivity index (χ1v) is 7.91. The van der Waals surface area contributed by atoms with Crippen LogP contribution in [0.2, 0.25) is 0 Å². The molecule has 1 saturated heterocycles. The minimum atomic E-state index is 0.0282. The molecule has 0 unspecified atom stereocenters. The number of carbonyl (C=O) groups is 1. The van der Waals surface area contributed by atoms with Crippen molar-refractivity contribution in [3.8, 4) is 0 Å². The number of para-hydroxylation sites is 1. The number of amides is 1. The van der Waals surface area contributed by atoms with E-state index in [-0.39, 0.29) is 5.91 Å². The van der Waals surface area contributed by atoms with Crippen molar-refractivity contribution in [3.63, 3.8) is 0 Å². The molecule has 22 heavy (non-hydrogen) atoms. The van der Waals surface area contributed by atoms with Crippen LogP contribution in [-0.2, 0) is 4.79 Å². The molecule has 3 rings (SSSR count). The van der Waals surface area contributed by atoms with Crippen molar-refractivity contribution >= 4 is 34.7 Å². The third kappa shape index (κ3) is 3.26. The average molecular weight is 309 g/mol. The van der Waals surface area contributed by atoms with Crippen molar-refractivity contribution in [1.82, 2.24) is 0 Å². The number of thioether (sulfide) groups is 1. The first-order chi connectivity index (χ1) is 10.7. The highest BCUT2D eigenvalue weighted by atomic mass is 32.2. The first-order valence-electron chi connectivity index (χ1n) is 6.92. The third-order valence-corrected chi connectivity index (χ3v) is 4.12. The lowest BCUT2D eigenvalue weighted by Gasteiger charge is -2.14. The number of amidine groups is 1. The average Bonchev–Trinajstić information content (AvgIpc) is 2.91. The molecular formula is C17H15N3OS. The quantitative estimate of drug-likeness (QED) is 0.644. The van der Waals surface area contributed by atoms with Crippen LogP contribution in [0.5, 0.6) is 0 Å². The van der Waals surface area contributed by atoms with E-state index in [0.29, 0.717) is 10.9 Å². The molecule has 0 aromatic heterocycles. The van der Waals surface area contributed by atoms with Gasteiger partial charge in [-0.1, -0.05) is 59.8 Å².